The molecule has 0 saturated carbocycles. The lowest BCUT2D eigenvalue weighted by molar-refractivity contribution is -0.0512. The average molecular weight is 395 g/mol. The predicted molar refractivity (Wildman–Crippen MR) is 105 cm³/mol. The minimum Gasteiger partial charge on any atom is -0.493 e. The van der Waals surface area contributed by atoms with Crippen molar-refractivity contribution in [1.82, 2.24) is 10.6 Å². The summed E-state index contributed by atoms with van der Waals surface area (Å²) in [5.74, 6) is 1.80. The van der Waals surface area contributed by atoms with Crippen molar-refractivity contribution < 1.29 is 18.3 Å². The third-order valence-electron chi connectivity index (χ3n) is 3.53. The van der Waals surface area contributed by atoms with Crippen molar-refractivity contribution in [2.24, 2.45) is 4.99 Å². The number of aliphatic imine (C=N–C) groups is 1. The van der Waals surface area contributed by atoms with Crippen molar-refractivity contribution in [2.45, 2.75) is 18.1 Å². The number of benzene rings is 2. The summed E-state index contributed by atoms with van der Waals surface area (Å²) in [6.07, 6.45) is 0. The molecule has 0 saturated heterocycles. The molecule has 0 heterocycles. The Labute approximate surface area is 162 Å². The number of ether oxygens (including phenoxy) is 2. The molecule has 0 aliphatic carbocycles. The van der Waals surface area contributed by atoms with Gasteiger partial charge in [-0.15, -0.1) is 11.8 Å². The Kier molecular flexibility index (Phi) is 8.70. The van der Waals surface area contributed by atoms with Crippen LogP contribution in [-0.2, 0) is 6.54 Å². The number of halogens is 2. The third kappa shape index (κ3) is 7.34. The van der Waals surface area contributed by atoms with E-state index in [4.69, 9.17) is 4.74 Å². The summed E-state index contributed by atoms with van der Waals surface area (Å²) in [7, 11) is 3.09. The largest absolute Gasteiger partial charge is 0.493 e. The smallest absolute Gasteiger partial charge is 0.387 e. The number of hydrogen-bond donors (Lipinski definition) is 2. The van der Waals surface area contributed by atoms with Crippen LogP contribution < -0.4 is 20.1 Å². The summed E-state index contributed by atoms with van der Waals surface area (Å²) in [6.45, 7) is -1.75. The van der Waals surface area contributed by atoms with Gasteiger partial charge in [0.1, 0.15) is 0 Å². The van der Waals surface area contributed by atoms with Crippen molar-refractivity contribution in [3.63, 3.8) is 0 Å². The van der Waals surface area contributed by atoms with Gasteiger partial charge in [0.15, 0.2) is 17.5 Å². The van der Waals surface area contributed by atoms with E-state index in [9.17, 15) is 8.78 Å². The molecule has 0 aliphatic rings. The zero-order valence-electron chi connectivity index (χ0n) is 15.2. The lowest BCUT2D eigenvalue weighted by Crippen LogP contribution is -2.37. The van der Waals surface area contributed by atoms with Gasteiger partial charge in [-0.1, -0.05) is 24.3 Å². The van der Waals surface area contributed by atoms with E-state index < -0.39 is 6.61 Å². The SMILES string of the molecule is CN=C(NCCSc1ccccc1)NCc1ccc(OC)c(OC(F)F)c1. The van der Waals surface area contributed by atoms with Crippen molar-refractivity contribution >= 4 is 17.7 Å². The number of guanidine groups is 1. The second-order valence-corrected chi connectivity index (χ2v) is 6.55. The fraction of sp³-hybridized carbons (Fsp3) is 0.316. The second-order valence-electron chi connectivity index (χ2n) is 5.38. The number of hydrogen-bond acceptors (Lipinski definition) is 4. The number of nitrogens with one attached hydrogen (secondary N) is 2. The zero-order valence-corrected chi connectivity index (χ0v) is 16.1. The summed E-state index contributed by atoms with van der Waals surface area (Å²) in [4.78, 5) is 5.38. The molecular formula is C19H23F2N3O2S. The fourth-order valence-corrected chi connectivity index (χ4v) is 3.07. The van der Waals surface area contributed by atoms with Crippen LogP contribution in [0.2, 0.25) is 0 Å². The molecule has 0 atom stereocenters. The number of alkyl halides is 2. The van der Waals surface area contributed by atoms with Crippen molar-refractivity contribution in [3.8, 4) is 11.5 Å². The Bertz CT molecular complexity index is 730. The van der Waals surface area contributed by atoms with Gasteiger partial charge < -0.3 is 20.1 Å². The van der Waals surface area contributed by atoms with Crippen molar-refractivity contribution in [1.29, 1.82) is 0 Å². The first kappa shape index (κ1) is 20.8. The molecule has 2 aromatic carbocycles. The Morgan fingerprint density at radius 1 is 1.11 bits per heavy atom. The van der Waals surface area contributed by atoms with Crippen LogP contribution in [0, 0.1) is 0 Å². The molecule has 0 radical (unpaired) electrons. The van der Waals surface area contributed by atoms with Gasteiger partial charge in [0.05, 0.1) is 7.11 Å². The quantitative estimate of drug-likeness (QED) is 0.293. The van der Waals surface area contributed by atoms with Crippen LogP contribution in [0.5, 0.6) is 11.5 Å². The van der Waals surface area contributed by atoms with Crippen LogP contribution in [0.15, 0.2) is 58.4 Å². The molecule has 2 N–H and O–H groups in total. The summed E-state index contributed by atoms with van der Waals surface area (Å²) < 4.78 is 34.5. The van der Waals surface area contributed by atoms with E-state index in [2.05, 4.69) is 32.5 Å². The van der Waals surface area contributed by atoms with Crippen LogP contribution in [0.3, 0.4) is 0 Å². The van der Waals surface area contributed by atoms with E-state index in [-0.39, 0.29) is 11.5 Å². The first-order chi connectivity index (χ1) is 13.1. The van der Waals surface area contributed by atoms with E-state index >= 15 is 0 Å². The Morgan fingerprint density at radius 3 is 2.56 bits per heavy atom. The maximum Gasteiger partial charge on any atom is 0.387 e. The van der Waals surface area contributed by atoms with Gasteiger partial charge in [-0.05, 0) is 29.8 Å². The minimum atomic E-state index is -2.90. The Hall–Kier alpha value is -2.48. The first-order valence-corrected chi connectivity index (χ1v) is 9.35. The van der Waals surface area contributed by atoms with Crippen LogP contribution >= 0.6 is 11.8 Å². The highest BCUT2D eigenvalue weighted by molar-refractivity contribution is 7.99. The Balaban J connectivity index is 1.81. The topological polar surface area (TPSA) is 54.9 Å². The van der Waals surface area contributed by atoms with E-state index in [0.717, 1.165) is 17.9 Å². The highest BCUT2D eigenvalue weighted by Gasteiger charge is 2.11. The minimum absolute atomic E-state index is 0.00834. The van der Waals surface area contributed by atoms with E-state index in [1.165, 1.54) is 18.1 Å². The van der Waals surface area contributed by atoms with Crippen LogP contribution in [0.4, 0.5) is 8.78 Å². The van der Waals surface area contributed by atoms with Gasteiger partial charge in [-0.3, -0.25) is 4.99 Å². The van der Waals surface area contributed by atoms with E-state index in [0.29, 0.717) is 12.5 Å². The Morgan fingerprint density at radius 2 is 1.89 bits per heavy atom. The van der Waals surface area contributed by atoms with Gasteiger partial charge in [0, 0.05) is 30.8 Å². The van der Waals surface area contributed by atoms with E-state index in [1.54, 1.807) is 30.9 Å². The molecule has 2 rings (SSSR count). The third-order valence-corrected chi connectivity index (χ3v) is 4.55. The molecule has 0 spiro atoms. The molecule has 8 heteroatoms. The summed E-state index contributed by atoms with van der Waals surface area (Å²) >= 11 is 1.75. The first-order valence-electron chi connectivity index (χ1n) is 8.36. The molecule has 0 bridgehead atoms. The molecule has 0 amide bonds. The average Bonchev–Trinajstić information content (AvgIpc) is 2.68. The summed E-state index contributed by atoms with van der Waals surface area (Å²) in [6, 6.07) is 15.1. The molecule has 0 aliphatic heterocycles. The van der Waals surface area contributed by atoms with Gasteiger partial charge in [0.25, 0.3) is 0 Å². The van der Waals surface area contributed by atoms with Crippen LogP contribution in [-0.4, -0.2) is 39.0 Å². The lowest BCUT2D eigenvalue weighted by Gasteiger charge is -2.14. The molecule has 27 heavy (non-hydrogen) atoms. The lowest BCUT2D eigenvalue weighted by atomic mass is 10.2. The number of rotatable bonds is 9. The molecule has 0 aromatic heterocycles. The molecule has 0 fully saturated rings. The van der Waals surface area contributed by atoms with Crippen LogP contribution in [0.1, 0.15) is 5.56 Å². The molecule has 5 nitrogen and oxygen atoms in total. The fourth-order valence-electron chi connectivity index (χ4n) is 2.28. The molecule has 2 aromatic rings. The van der Waals surface area contributed by atoms with Gasteiger partial charge in [0.2, 0.25) is 0 Å². The monoisotopic (exact) mass is 395 g/mol. The number of methoxy groups -OCH3 is 1. The van der Waals surface area contributed by atoms with Crippen LogP contribution in [0.25, 0.3) is 0 Å². The summed E-state index contributed by atoms with van der Waals surface area (Å²) in [5.41, 5.74) is 0.771. The van der Waals surface area contributed by atoms with Crippen molar-refractivity contribution in [2.75, 3.05) is 26.5 Å². The zero-order chi connectivity index (χ0) is 19.5. The predicted octanol–water partition coefficient (Wildman–Crippen LogP) is 3.75. The van der Waals surface area contributed by atoms with Gasteiger partial charge in [-0.25, -0.2) is 0 Å². The molecular weight excluding hydrogens is 372 g/mol. The number of nitrogens with zero attached hydrogens (tertiary/aromatic N) is 1. The molecule has 146 valence electrons. The molecule has 0 unspecified atom stereocenters. The van der Waals surface area contributed by atoms with Gasteiger partial charge >= 0.3 is 6.61 Å². The second kappa shape index (κ2) is 11.3. The maximum atomic E-state index is 12.5. The standard InChI is InChI=1S/C19H23F2N3O2S/c1-22-19(23-10-11-27-15-6-4-3-5-7-15)24-13-14-8-9-16(25-2)17(12-14)26-18(20)21/h3-9,12,18H,10-11,13H2,1-2H3,(H2,22,23,24). The maximum absolute atomic E-state index is 12.5. The van der Waals surface area contributed by atoms with Gasteiger partial charge in [-0.2, -0.15) is 8.78 Å². The normalized spacial score (nSPS) is 11.4. The number of thioether (sulfide) groups is 1. The highest BCUT2D eigenvalue weighted by atomic mass is 32.2. The van der Waals surface area contributed by atoms with E-state index in [1.807, 2.05) is 18.2 Å². The van der Waals surface area contributed by atoms with Crippen molar-refractivity contribution in [3.05, 3.63) is 54.1 Å². The highest BCUT2D eigenvalue weighted by Crippen LogP contribution is 2.29. The summed E-state index contributed by atoms with van der Waals surface area (Å²) in [5, 5.41) is 6.37.